The van der Waals surface area contributed by atoms with Crippen molar-refractivity contribution in [3.05, 3.63) is 35.8 Å². The van der Waals surface area contributed by atoms with Crippen LogP contribution in [0.1, 0.15) is 46.7 Å². The van der Waals surface area contributed by atoms with Crippen LogP contribution < -0.4 is 0 Å². The van der Waals surface area contributed by atoms with E-state index < -0.39 is 5.97 Å². The molecule has 1 fully saturated rings. The minimum Gasteiger partial charge on any atom is -0.457 e. The van der Waals surface area contributed by atoms with Crippen LogP contribution in [0.4, 0.5) is 0 Å². The molecule has 0 aromatic carbocycles. The number of esters is 1. The molecule has 0 radical (unpaired) electrons. The fourth-order valence-electron chi connectivity index (χ4n) is 1.86. The topological polar surface area (TPSA) is 95.9 Å². The molecular formula is C13H15N5O3. The zero-order valence-corrected chi connectivity index (χ0v) is 11.7. The highest BCUT2D eigenvalue weighted by Crippen LogP contribution is 2.38. The summed E-state index contributed by atoms with van der Waals surface area (Å²) >= 11 is 0. The minimum atomic E-state index is -0.523. The van der Waals surface area contributed by atoms with E-state index in [1.54, 1.807) is 11.6 Å². The molecule has 0 N–H and O–H groups in total. The molecule has 1 saturated carbocycles. The summed E-state index contributed by atoms with van der Waals surface area (Å²) in [6, 6.07) is 0. The lowest BCUT2D eigenvalue weighted by atomic mass is 10.3. The van der Waals surface area contributed by atoms with Crippen molar-refractivity contribution in [3.63, 3.8) is 0 Å². The molecule has 8 nitrogen and oxygen atoms in total. The van der Waals surface area contributed by atoms with Crippen LogP contribution in [0.2, 0.25) is 0 Å². The minimum absolute atomic E-state index is 0.140. The SMILES string of the molecule is C=CCOC(=O)c1nnn(Cc2noc(C3CC3)n2)c1C. The quantitative estimate of drug-likeness (QED) is 0.583. The van der Waals surface area contributed by atoms with Gasteiger partial charge in [-0.05, 0) is 19.8 Å². The van der Waals surface area contributed by atoms with Crippen LogP contribution in [0.5, 0.6) is 0 Å². The third-order valence-electron chi connectivity index (χ3n) is 3.21. The average molecular weight is 289 g/mol. The molecule has 3 rings (SSSR count). The van der Waals surface area contributed by atoms with Crippen LogP contribution >= 0.6 is 0 Å². The summed E-state index contributed by atoms with van der Waals surface area (Å²) in [5.41, 5.74) is 0.782. The van der Waals surface area contributed by atoms with E-state index in [0.29, 0.717) is 29.9 Å². The summed E-state index contributed by atoms with van der Waals surface area (Å²) in [4.78, 5) is 16.1. The predicted octanol–water partition coefficient (Wildman–Crippen LogP) is 1.24. The van der Waals surface area contributed by atoms with Gasteiger partial charge in [-0.15, -0.1) is 5.10 Å². The molecule has 0 atom stereocenters. The zero-order valence-electron chi connectivity index (χ0n) is 11.7. The van der Waals surface area contributed by atoms with E-state index in [4.69, 9.17) is 9.26 Å². The van der Waals surface area contributed by atoms with Crippen molar-refractivity contribution in [2.45, 2.75) is 32.2 Å². The van der Waals surface area contributed by atoms with Crippen molar-refractivity contribution in [3.8, 4) is 0 Å². The molecule has 0 spiro atoms. The fourth-order valence-corrected chi connectivity index (χ4v) is 1.86. The zero-order chi connectivity index (χ0) is 14.8. The van der Waals surface area contributed by atoms with Gasteiger partial charge in [-0.3, -0.25) is 0 Å². The second-order valence-electron chi connectivity index (χ2n) is 4.89. The van der Waals surface area contributed by atoms with Crippen LogP contribution in [0, 0.1) is 6.92 Å². The van der Waals surface area contributed by atoms with Gasteiger partial charge in [0.25, 0.3) is 0 Å². The first-order chi connectivity index (χ1) is 10.2. The molecule has 0 aliphatic heterocycles. The smallest absolute Gasteiger partial charge is 0.361 e. The van der Waals surface area contributed by atoms with Gasteiger partial charge in [0.1, 0.15) is 13.2 Å². The van der Waals surface area contributed by atoms with Crippen LogP contribution in [-0.2, 0) is 11.3 Å². The Bertz CT molecular complexity index is 671. The third kappa shape index (κ3) is 2.83. The predicted molar refractivity (Wildman–Crippen MR) is 70.6 cm³/mol. The highest BCUT2D eigenvalue weighted by atomic mass is 16.5. The van der Waals surface area contributed by atoms with E-state index in [9.17, 15) is 4.79 Å². The van der Waals surface area contributed by atoms with Crippen molar-refractivity contribution in [2.24, 2.45) is 0 Å². The highest BCUT2D eigenvalue weighted by Gasteiger charge is 2.29. The molecule has 2 heterocycles. The normalized spacial score (nSPS) is 14.1. The maximum Gasteiger partial charge on any atom is 0.361 e. The van der Waals surface area contributed by atoms with Gasteiger partial charge in [-0.2, -0.15) is 4.98 Å². The van der Waals surface area contributed by atoms with Gasteiger partial charge in [-0.1, -0.05) is 23.0 Å². The van der Waals surface area contributed by atoms with Crippen molar-refractivity contribution >= 4 is 5.97 Å². The number of ether oxygens (including phenoxy) is 1. The van der Waals surface area contributed by atoms with Gasteiger partial charge >= 0.3 is 5.97 Å². The van der Waals surface area contributed by atoms with Gasteiger partial charge in [0, 0.05) is 5.92 Å². The van der Waals surface area contributed by atoms with Crippen LogP contribution in [0.15, 0.2) is 17.2 Å². The summed E-state index contributed by atoms with van der Waals surface area (Å²) < 4.78 is 11.7. The molecule has 110 valence electrons. The first-order valence-electron chi connectivity index (χ1n) is 6.69. The molecule has 21 heavy (non-hydrogen) atoms. The van der Waals surface area contributed by atoms with Gasteiger partial charge in [0.2, 0.25) is 5.89 Å². The Labute approximate surface area is 120 Å². The Morgan fingerprint density at radius 2 is 2.38 bits per heavy atom. The van der Waals surface area contributed by atoms with E-state index in [2.05, 4.69) is 27.0 Å². The molecule has 1 aliphatic carbocycles. The second kappa shape index (κ2) is 5.47. The van der Waals surface area contributed by atoms with Gasteiger partial charge in [0.15, 0.2) is 11.5 Å². The standard InChI is InChI=1S/C13H15N5O3/c1-3-6-20-13(19)11-8(2)18(17-15-11)7-10-14-12(21-16-10)9-4-5-9/h3,9H,1,4-7H2,2H3. The first kappa shape index (κ1) is 13.5. The highest BCUT2D eigenvalue weighted by molar-refractivity contribution is 5.88. The van der Waals surface area contributed by atoms with Gasteiger partial charge in [-0.25, -0.2) is 9.48 Å². The van der Waals surface area contributed by atoms with Gasteiger partial charge < -0.3 is 9.26 Å². The molecule has 1 aliphatic rings. The third-order valence-corrected chi connectivity index (χ3v) is 3.21. The lowest BCUT2D eigenvalue weighted by Gasteiger charge is -2.00. The van der Waals surface area contributed by atoms with Crippen LogP contribution in [0.25, 0.3) is 0 Å². The number of carbonyl (C=O) groups is 1. The Morgan fingerprint density at radius 3 is 3.10 bits per heavy atom. The Kier molecular flexibility index (Phi) is 3.51. The average Bonchev–Trinajstić information content (AvgIpc) is 3.13. The monoisotopic (exact) mass is 289 g/mol. The molecule has 0 unspecified atom stereocenters. The maximum absolute atomic E-state index is 11.8. The summed E-state index contributed by atoms with van der Waals surface area (Å²) in [7, 11) is 0. The molecule has 2 aromatic heterocycles. The molecule has 2 aromatic rings. The second-order valence-corrected chi connectivity index (χ2v) is 4.89. The van der Waals surface area contributed by atoms with E-state index in [1.165, 1.54) is 6.08 Å². The summed E-state index contributed by atoms with van der Waals surface area (Å²) in [5.74, 6) is 1.09. The number of rotatable bonds is 6. The summed E-state index contributed by atoms with van der Waals surface area (Å²) in [5, 5.41) is 11.7. The Hall–Kier alpha value is -2.51. The number of hydrogen-bond donors (Lipinski definition) is 0. The van der Waals surface area contributed by atoms with Gasteiger partial charge in [0.05, 0.1) is 5.69 Å². The van der Waals surface area contributed by atoms with E-state index >= 15 is 0 Å². The lowest BCUT2D eigenvalue weighted by molar-refractivity contribution is 0.0542. The summed E-state index contributed by atoms with van der Waals surface area (Å²) in [6.45, 7) is 5.68. The van der Waals surface area contributed by atoms with Crippen molar-refractivity contribution in [1.82, 2.24) is 25.1 Å². The lowest BCUT2D eigenvalue weighted by Crippen LogP contribution is -2.09. The molecule has 0 saturated heterocycles. The van der Waals surface area contributed by atoms with E-state index in [1.807, 2.05) is 0 Å². The summed E-state index contributed by atoms with van der Waals surface area (Å²) in [6.07, 6.45) is 3.70. The van der Waals surface area contributed by atoms with Crippen LogP contribution in [0.3, 0.4) is 0 Å². The van der Waals surface area contributed by atoms with Crippen molar-refractivity contribution < 1.29 is 14.1 Å². The first-order valence-corrected chi connectivity index (χ1v) is 6.69. The Morgan fingerprint density at radius 1 is 1.57 bits per heavy atom. The number of carbonyl (C=O) groups excluding carboxylic acids is 1. The number of hydrogen-bond acceptors (Lipinski definition) is 7. The molecule has 8 heteroatoms. The number of aromatic nitrogens is 5. The van der Waals surface area contributed by atoms with Crippen LogP contribution in [-0.4, -0.2) is 37.7 Å². The van der Waals surface area contributed by atoms with Crippen molar-refractivity contribution in [1.29, 1.82) is 0 Å². The van der Waals surface area contributed by atoms with Crippen molar-refractivity contribution in [2.75, 3.05) is 6.61 Å². The molecule has 0 amide bonds. The Balaban J connectivity index is 1.71. The fraction of sp³-hybridized carbons (Fsp3) is 0.462. The molecular weight excluding hydrogens is 274 g/mol. The van der Waals surface area contributed by atoms with E-state index in [0.717, 1.165) is 12.8 Å². The largest absolute Gasteiger partial charge is 0.457 e. The maximum atomic E-state index is 11.8. The number of nitrogens with zero attached hydrogens (tertiary/aromatic N) is 5. The molecule has 0 bridgehead atoms. The van der Waals surface area contributed by atoms with E-state index in [-0.39, 0.29) is 12.3 Å².